The molecule has 2 aromatic rings. The molecule has 0 bridgehead atoms. The molecule has 0 amide bonds. The number of nitrogens with two attached hydrogens (primary N) is 1. The minimum Gasteiger partial charge on any atom is -0.493 e. The minimum absolute atomic E-state index is 0.159. The lowest BCUT2D eigenvalue weighted by Crippen LogP contribution is -2.10. The second-order valence-electron chi connectivity index (χ2n) is 4.14. The number of aromatic hydroxyl groups is 2. The van der Waals surface area contributed by atoms with E-state index in [0.29, 0.717) is 0 Å². The number of hydrogen-bond donors (Lipinski definition) is 4. The fraction of sp³-hybridized carbons (Fsp3) is 0. The summed E-state index contributed by atoms with van der Waals surface area (Å²) in [4.78, 5) is 14.7. The van der Waals surface area contributed by atoms with E-state index in [9.17, 15) is 23.4 Å². The van der Waals surface area contributed by atoms with E-state index in [4.69, 9.17) is 15.0 Å². The molecule has 10 heteroatoms. The standard InChI is InChI=1S/C12H10N2O7S/c13-8-5-7(22(18,19)20)1-2-9(8)21-12(17)6-3-10(15)14-11(16)4-6/h1-5H,13H2,(H2,14,15,16)(H,18,19,20). The molecule has 1 aromatic heterocycles. The van der Waals surface area contributed by atoms with Gasteiger partial charge >= 0.3 is 5.97 Å². The lowest BCUT2D eigenvalue weighted by atomic mass is 10.2. The number of carbonyl (C=O) groups is 1. The Balaban J connectivity index is 2.29. The molecule has 9 nitrogen and oxygen atoms in total. The molecule has 2 rings (SSSR count). The molecular formula is C12H10N2O7S. The number of pyridine rings is 1. The van der Waals surface area contributed by atoms with Crippen molar-refractivity contribution in [1.29, 1.82) is 0 Å². The van der Waals surface area contributed by atoms with Crippen LogP contribution in [0.5, 0.6) is 17.5 Å². The van der Waals surface area contributed by atoms with Crippen LogP contribution in [-0.4, -0.2) is 34.1 Å². The number of benzene rings is 1. The van der Waals surface area contributed by atoms with Crippen LogP contribution in [0.2, 0.25) is 0 Å². The Morgan fingerprint density at radius 1 is 1.14 bits per heavy atom. The van der Waals surface area contributed by atoms with Crippen LogP contribution in [0.4, 0.5) is 5.69 Å². The molecule has 0 fully saturated rings. The van der Waals surface area contributed by atoms with Gasteiger partial charge in [0.15, 0.2) is 5.75 Å². The first-order valence-electron chi connectivity index (χ1n) is 5.66. The predicted molar refractivity (Wildman–Crippen MR) is 73.2 cm³/mol. The van der Waals surface area contributed by atoms with Crippen LogP contribution >= 0.6 is 0 Å². The molecule has 0 aliphatic rings. The Kier molecular flexibility index (Phi) is 3.89. The van der Waals surface area contributed by atoms with Crippen molar-refractivity contribution >= 4 is 21.8 Å². The first kappa shape index (κ1) is 15.5. The molecule has 5 N–H and O–H groups in total. The summed E-state index contributed by atoms with van der Waals surface area (Å²) in [5.41, 5.74) is 5.15. The van der Waals surface area contributed by atoms with Crippen molar-refractivity contribution in [3.8, 4) is 17.5 Å². The highest BCUT2D eigenvalue weighted by Gasteiger charge is 2.16. The van der Waals surface area contributed by atoms with Crippen molar-refractivity contribution in [2.75, 3.05) is 5.73 Å². The molecule has 0 saturated heterocycles. The van der Waals surface area contributed by atoms with Gasteiger partial charge in [-0.05, 0) is 18.2 Å². The number of aromatic nitrogens is 1. The van der Waals surface area contributed by atoms with Gasteiger partial charge in [-0.2, -0.15) is 13.4 Å². The Labute approximate surface area is 124 Å². The van der Waals surface area contributed by atoms with Crippen molar-refractivity contribution in [3.63, 3.8) is 0 Å². The van der Waals surface area contributed by atoms with E-state index in [-0.39, 0.29) is 17.0 Å². The van der Waals surface area contributed by atoms with Crippen molar-refractivity contribution in [2.45, 2.75) is 4.90 Å². The number of ether oxygens (including phenoxy) is 1. The molecule has 22 heavy (non-hydrogen) atoms. The van der Waals surface area contributed by atoms with Crippen molar-refractivity contribution < 1.29 is 32.7 Å². The number of nitrogens with zero attached hydrogens (tertiary/aromatic N) is 1. The van der Waals surface area contributed by atoms with Gasteiger partial charge in [0.25, 0.3) is 10.1 Å². The maximum absolute atomic E-state index is 11.9. The van der Waals surface area contributed by atoms with Gasteiger partial charge in [-0.25, -0.2) is 4.79 Å². The van der Waals surface area contributed by atoms with Gasteiger partial charge in [-0.1, -0.05) is 0 Å². The van der Waals surface area contributed by atoms with Gasteiger partial charge in [-0.15, -0.1) is 0 Å². The lowest BCUT2D eigenvalue weighted by Gasteiger charge is -2.08. The second kappa shape index (κ2) is 5.50. The number of nitrogen functional groups attached to an aromatic ring is 1. The smallest absolute Gasteiger partial charge is 0.344 e. The van der Waals surface area contributed by atoms with Crippen LogP contribution in [0.15, 0.2) is 35.2 Å². The van der Waals surface area contributed by atoms with Gasteiger partial charge in [0, 0.05) is 12.1 Å². The Morgan fingerprint density at radius 3 is 2.23 bits per heavy atom. The van der Waals surface area contributed by atoms with E-state index in [1.165, 1.54) is 0 Å². The number of carbonyl (C=O) groups excluding carboxylic acids is 1. The van der Waals surface area contributed by atoms with E-state index in [0.717, 1.165) is 30.3 Å². The molecule has 1 heterocycles. The zero-order valence-electron chi connectivity index (χ0n) is 10.8. The second-order valence-corrected chi connectivity index (χ2v) is 5.56. The van der Waals surface area contributed by atoms with Crippen molar-refractivity contribution in [3.05, 3.63) is 35.9 Å². The zero-order valence-corrected chi connectivity index (χ0v) is 11.6. The number of esters is 1. The third kappa shape index (κ3) is 3.42. The SMILES string of the molecule is Nc1cc(S(=O)(=O)O)ccc1OC(=O)c1cc(O)nc(O)c1. The third-order valence-corrected chi connectivity index (χ3v) is 3.37. The third-order valence-electron chi connectivity index (χ3n) is 2.52. The summed E-state index contributed by atoms with van der Waals surface area (Å²) in [5.74, 6) is -2.28. The minimum atomic E-state index is -4.43. The van der Waals surface area contributed by atoms with E-state index >= 15 is 0 Å². The Bertz CT molecular complexity index is 828. The first-order valence-corrected chi connectivity index (χ1v) is 7.10. The van der Waals surface area contributed by atoms with Crippen LogP contribution < -0.4 is 10.5 Å². The zero-order chi connectivity index (χ0) is 16.5. The first-order chi connectivity index (χ1) is 10.2. The average Bonchev–Trinajstić information content (AvgIpc) is 2.38. The van der Waals surface area contributed by atoms with Gasteiger partial charge in [-0.3, -0.25) is 4.55 Å². The summed E-state index contributed by atoms with van der Waals surface area (Å²) < 4.78 is 35.7. The molecule has 0 atom stereocenters. The topological polar surface area (TPSA) is 160 Å². The maximum Gasteiger partial charge on any atom is 0.344 e. The van der Waals surface area contributed by atoms with Gasteiger partial charge in [0.05, 0.1) is 16.1 Å². The summed E-state index contributed by atoms with van der Waals surface area (Å²) in [6.07, 6.45) is 0. The van der Waals surface area contributed by atoms with Crippen molar-refractivity contribution in [2.24, 2.45) is 0 Å². The van der Waals surface area contributed by atoms with E-state index in [2.05, 4.69) is 4.98 Å². The number of anilines is 1. The fourth-order valence-corrected chi connectivity index (χ4v) is 2.07. The van der Waals surface area contributed by atoms with Crippen LogP contribution in [0, 0.1) is 0 Å². The highest BCUT2D eigenvalue weighted by Crippen LogP contribution is 2.26. The number of hydrogen-bond acceptors (Lipinski definition) is 8. The normalized spacial score (nSPS) is 11.1. The quantitative estimate of drug-likeness (QED) is 0.273. The number of rotatable bonds is 3. The Morgan fingerprint density at radius 2 is 1.73 bits per heavy atom. The molecule has 0 spiro atoms. The lowest BCUT2D eigenvalue weighted by molar-refractivity contribution is 0.0734. The van der Waals surface area contributed by atoms with E-state index < -0.39 is 32.7 Å². The summed E-state index contributed by atoms with van der Waals surface area (Å²) in [6, 6.07) is 4.92. The van der Waals surface area contributed by atoms with E-state index in [1.807, 2.05) is 0 Å². The molecule has 0 aliphatic heterocycles. The fourth-order valence-electron chi connectivity index (χ4n) is 1.56. The van der Waals surface area contributed by atoms with Crippen molar-refractivity contribution in [1.82, 2.24) is 4.98 Å². The highest BCUT2D eigenvalue weighted by molar-refractivity contribution is 7.85. The summed E-state index contributed by atoms with van der Waals surface area (Å²) in [7, 11) is -4.43. The summed E-state index contributed by atoms with van der Waals surface area (Å²) in [6.45, 7) is 0. The van der Waals surface area contributed by atoms with Crippen LogP contribution in [0.3, 0.4) is 0 Å². The van der Waals surface area contributed by atoms with E-state index in [1.54, 1.807) is 0 Å². The van der Waals surface area contributed by atoms with Crippen LogP contribution in [0.1, 0.15) is 10.4 Å². The molecular weight excluding hydrogens is 316 g/mol. The average molecular weight is 326 g/mol. The largest absolute Gasteiger partial charge is 0.493 e. The highest BCUT2D eigenvalue weighted by atomic mass is 32.2. The van der Waals surface area contributed by atoms with Gasteiger partial charge in [0.2, 0.25) is 11.8 Å². The monoisotopic (exact) mass is 326 g/mol. The molecule has 0 saturated carbocycles. The van der Waals surface area contributed by atoms with Gasteiger partial charge in [0.1, 0.15) is 0 Å². The molecule has 116 valence electrons. The Hall–Kier alpha value is -2.85. The maximum atomic E-state index is 11.9. The van der Waals surface area contributed by atoms with Crippen LogP contribution in [0.25, 0.3) is 0 Å². The molecule has 0 radical (unpaired) electrons. The van der Waals surface area contributed by atoms with Gasteiger partial charge < -0.3 is 20.7 Å². The van der Waals surface area contributed by atoms with Crippen LogP contribution in [-0.2, 0) is 10.1 Å². The summed E-state index contributed by atoms with van der Waals surface area (Å²) >= 11 is 0. The molecule has 0 aliphatic carbocycles. The molecule has 1 aromatic carbocycles. The molecule has 0 unspecified atom stereocenters. The summed E-state index contributed by atoms with van der Waals surface area (Å²) in [5, 5.41) is 18.4. The predicted octanol–water partition coefficient (Wildman–Crippen LogP) is 0.541.